The fourth-order valence-electron chi connectivity index (χ4n) is 0.666. The third-order valence-electron chi connectivity index (χ3n) is 1.68. The Hall–Kier alpha value is -0.610. The summed E-state index contributed by atoms with van der Waals surface area (Å²) in [5.41, 5.74) is 0. The second-order valence-corrected chi connectivity index (χ2v) is 2.61. The van der Waals surface area contributed by atoms with Gasteiger partial charge < -0.3 is 14.8 Å². The fraction of sp³-hybridized carbons (Fsp3) is 0.857. The average Bonchev–Trinajstić information content (AvgIpc) is 1.94. The summed E-state index contributed by atoms with van der Waals surface area (Å²) >= 11 is 0. The molecule has 1 fully saturated rings. The number of ether oxygens (including phenoxy) is 2. The standard InChI is InChI=1S/C7H13NO3/c1-5(8-2)7(9)11-6-3-10-4-6/h5-6,8H,3-4H2,1-2H3/t5-/m0/s1. The Labute approximate surface area is 65.9 Å². The number of carbonyl (C=O) groups excluding carboxylic acids is 1. The van der Waals surface area contributed by atoms with Gasteiger partial charge >= 0.3 is 5.97 Å². The molecule has 0 unspecified atom stereocenters. The van der Waals surface area contributed by atoms with Crippen LogP contribution in [0.2, 0.25) is 0 Å². The fourth-order valence-corrected chi connectivity index (χ4v) is 0.666. The number of carbonyl (C=O) groups is 1. The molecule has 1 N–H and O–H groups in total. The highest BCUT2D eigenvalue weighted by atomic mass is 16.6. The molecule has 0 saturated carbocycles. The van der Waals surface area contributed by atoms with Crippen LogP contribution in [0.4, 0.5) is 0 Å². The molecule has 4 nitrogen and oxygen atoms in total. The van der Waals surface area contributed by atoms with E-state index in [1.54, 1.807) is 14.0 Å². The Kier molecular flexibility index (Phi) is 2.84. The van der Waals surface area contributed by atoms with E-state index in [1.807, 2.05) is 0 Å². The van der Waals surface area contributed by atoms with Gasteiger partial charge in [-0.1, -0.05) is 0 Å². The van der Waals surface area contributed by atoms with Gasteiger partial charge in [0.05, 0.1) is 13.2 Å². The van der Waals surface area contributed by atoms with Gasteiger partial charge in [0.2, 0.25) is 0 Å². The molecule has 11 heavy (non-hydrogen) atoms. The highest BCUT2D eigenvalue weighted by molar-refractivity contribution is 5.75. The molecule has 0 aliphatic carbocycles. The minimum Gasteiger partial charge on any atom is -0.456 e. The molecule has 1 heterocycles. The summed E-state index contributed by atoms with van der Waals surface area (Å²) in [7, 11) is 1.73. The topological polar surface area (TPSA) is 47.6 Å². The van der Waals surface area contributed by atoms with Gasteiger partial charge in [0.1, 0.15) is 12.1 Å². The summed E-state index contributed by atoms with van der Waals surface area (Å²) in [6, 6.07) is -0.226. The first-order chi connectivity index (χ1) is 5.24. The highest BCUT2D eigenvalue weighted by Gasteiger charge is 2.24. The zero-order valence-corrected chi connectivity index (χ0v) is 6.79. The van der Waals surface area contributed by atoms with Crippen molar-refractivity contribution in [2.75, 3.05) is 20.3 Å². The molecule has 1 aliphatic rings. The van der Waals surface area contributed by atoms with Gasteiger partial charge in [0, 0.05) is 0 Å². The molecule has 0 aromatic carbocycles. The van der Waals surface area contributed by atoms with Crippen LogP contribution in [0.5, 0.6) is 0 Å². The predicted molar refractivity (Wildman–Crippen MR) is 39.2 cm³/mol. The summed E-state index contributed by atoms with van der Waals surface area (Å²) in [4.78, 5) is 11.0. The third-order valence-corrected chi connectivity index (χ3v) is 1.68. The first-order valence-corrected chi connectivity index (χ1v) is 3.69. The van der Waals surface area contributed by atoms with Crippen molar-refractivity contribution in [2.24, 2.45) is 0 Å². The van der Waals surface area contributed by atoms with Crippen molar-refractivity contribution >= 4 is 5.97 Å². The number of hydrogen-bond donors (Lipinski definition) is 1. The molecular formula is C7H13NO3. The van der Waals surface area contributed by atoms with Crippen LogP contribution in [-0.4, -0.2) is 38.4 Å². The van der Waals surface area contributed by atoms with E-state index in [9.17, 15) is 4.79 Å². The number of likely N-dealkylation sites (N-methyl/N-ethyl adjacent to an activating group) is 1. The molecule has 0 bridgehead atoms. The molecule has 0 spiro atoms. The lowest BCUT2D eigenvalue weighted by molar-refractivity contribution is -0.173. The number of rotatable bonds is 3. The first kappa shape index (κ1) is 8.49. The monoisotopic (exact) mass is 159 g/mol. The normalized spacial score (nSPS) is 20.5. The third kappa shape index (κ3) is 2.17. The van der Waals surface area contributed by atoms with Gasteiger partial charge in [-0.15, -0.1) is 0 Å². The van der Waals surface area contributed by atoms with Gasteiger partial charge in [0.25, 0.3) is 0 Å². The molecule has 1 rings (SSSR count). The van der Waals surface area contributed by atoms with Crippen LogP contribution in [0.25, 0.3) is 0 Å². The maximum Gasteiger partial charge on any atom is 0.323 e. The largest absolute Gasteiger partial charge is 0.456 e. The van der Waals surface area contributed by atoms with E-state index < -0.39 is 0 Å². The van der Waals surface area contributed by atoms with Crippen LogP contribution in [0.3, 0.4) is 0 Å². The summed E-state index contributed by atoms with van der Waals surface area (Å²) < 4.78 is 9.86. The van der Waals surface area contributed by atoms with E-state index in [2.05, 4.69) is 5.32 Å². The Morgan fingerprint density at radius 1 is 1.73 bits per heavy atom. The molecule has 0 radical (unpaired) electrons. The van der Waals surface area contributed by atoms with E-state index in [-0.39, 0.29) is 18.1 Å². The van der Waals surface area contributed by atoms with Crippen molar-refractivity contribution < 1.29 is 14.3 Å². The number of nitrogens with one attached hydrogen (secondary N) is 1. The Morgan fingerprint density at radius 2 is 2.36 bits per heavy atom. The van der Waals surface area contributed by atoms with Crippen molar-refractivity contribution in [1.82, 2.24) is 5.32 Å². The van der Waals surface area contributed by atoms with Crippen molar-refractivity contribution in [3.8, 4) is 0 Å². The highest BCUT2D eigenvalue weighted by Crippen LogP contribution is 2.06. The summed E-state index contributed by atoms with van der Waals surface area (Å²) in [6.07, 6.45) is -0.0155. The first-order valence-electron chi connectivity index (χ1n) is 3.69. The molecular weight excluding hydrogens is 146 g/mol. The van der Waals surface area contributed by atoms with Crippen molar-refractivity contribution in [3.63, 3.8) is 0 Å². The summed E-state index contributed by atoms with van der Waals surface area (Å²) in [5, 5.41) is 2.80. The molecule has 0 aromatic heterocycles. The zero-order chi connectivity index (χ0) is 8.27. The second-order valence-electron chi connectivity index (χ2n) is 2.61. The maximum absolute atomic E-state index is 11.0. The van der Waals surface area contributed by atoms with Crippen LogP contribution in [0.1, 0.15) is 6.92 Å². The molecule has 1 saturated heterocycles. The second kappa shape index (κ2) is 3.69. The van der Waals surface area contributed by atoms with Crippen molar-refractivity contribution in [1.29, 1.82) is 0 Å². The Morgan fingerprint density at radius 3 is 2.73 bits per heavy atom. The van der Waals surface area contributed by atoms with Crippen LogP contribution in [-0.2, 0) is 14.3 Å². The van der Waals surface area contributed by atoms with Crippen LogP contribution in [0.15, 0.2) is 0 Å². The molecule has 4 heteroatoms. The van der Waals surface area contributed by atoms with Crippen molar-refractivity contribution in [3.05, 3.63) is 0 Å². The van der Waals surface area contributed by atoms with Gasteiger partial charge in [0.15, 0.2) is 0 Å². The molecule has 1 atom stereocenters. The minimum absolute atomic E-state index is 0.0155. The van der Waals surface area contributed by atoms with E-state index >= 15 is 0 Å². The van der Waals surface area contributed by atoms with Gasteiger partial charge in [-0.05, 0) is 14.0 Å². The smallest absolute Gasteiger partial charge is 0.323 e. The van der Waals surface area contributed by atoms with E-state index in [4.69, 9.17) is 9.47 Å². The van der Waals surface area contributed by atoms with Crippen LogP contribution < -0.4 is 5.32 Å². The zero-order valence-electron chi connectivity index (χ0n) is 6.79. The summed E-state index contributed by atoms with van der Waals surface area (Å²) in [5.74, 6) is -0.208. The lowest BCUT2D eigenvalue weighted by atomic mass is 10.3. The van der Waals surface area contributed by atoms with Gasteiger partial charge in [-0.25, -0.2) is 0 Å². The predicted octanol–water partition coefficient (Wildman–Crippen LogP) is -0.464. The summed E-state index contributed by atoms with van der Waals surface area (Å²) in [6.45, 7) is 2.85. The lowest BCUT2D eigenvalue weighted by Gasteiger charge is -2.26. The van der Waals surface area contributed by atoms with E-state index in [0.717, 1.165) is 0 Å². The minimum atomic E-state index is -0.226. The molecule has 0 amide bonds. The Bertz CT molecular complexity index is 145. The lowest BCUT2D eigenvalue weighted by Crippen LogP contribution is -2.42. The van der Waals surface area contributed by atoms with Gasteiger partial charge in [-0.2, -0.15) is 0 Å². The average molecular weight is 159 g/mol. The SMILES string of the molecule is CN[C@@H](C)C(=O)OC1COC1. The van der Waals surface area contributed by atoms with Crippen LogP contribution >= 0.6 is 0 Å². The van der Waals surface area contributed by atoms with Crippen LogP contribution in [0, 0.1) is 0 Å². The Balaban J connectivity index is 2.19. The maximum atomic E-state index is 11.0. The van der Waals surface area contributed by atoms with E-state index in [1.165, 1.54) is 0 Å². The van der Waals surface area contributed by atoms with E-state index in [0.29, 0.717) is 13.2 Å². The number of hydrogen-bond acceptors (Lipinski definition) is 4. The number of esters is 1. The molecule has 64 valence electrons. The molecule has 0 aromatic rings. The van der Waals surface area contributed by atoms with Gasteiger partial charge in [-0.3, -0.25) is 4.79 Å². The quantitative estimate of drug-likeness (QED) is 0.566. The van der Waals surface area contributed by atoms with Crippen molar-refractivity contribution in [2.45, 2.75) is 19.1 Å². The molecule has 1 aliphatic heterocycles.